The lowest BCUT2D eigenvalue weighted by Gasteiger charge is -2.40. The number of benzene rings is 2. The van der Waals surface area contributed by atoms with E-state index in [2.05, 4.69) is 11.8 Å². The van der Waals surface area contributed by atoms with Crippen molar-refractivity contribution < 1.29 is 29.9 Å². The molecule has 0 aromatic heterocycles. The quantitative estimate of drug-likeness (QED) is 0.509. The standard InChI is InChI=1S/C26H29ClO6/c27-21-8-7-19(26-25(31)24(30)23(29)22(15-28)33-26)14-20(21)13-18-5-3-16(4-6-18)1-2-17-9-11-32-12-10-17/h3-8,14,17,22-26,28-31H,9-13,15H2/t22-,23-,24?,25-,26+/m1/s1. The van der Waals surface area contributed by atoms with Crippen LogP contribution in [0.2, 0.25) is 5.02 Å². The van der Waals surface area contributed by atoms with Crippen molar-refractivity contribution in [3.05, 3.63) is 69.7 Å². The number of hydrogen-bond acceptors (Lipinski definition) is 6. The Bertz CT molecular complexity index is 990. The highest BCUT2D eigenvalue weighted by Crippen LogP contribution is 2.34. The second-order valence-electron chi connectivity index (χ2n) is 8.63. The summed E-state index contributed by atoms with van der Waals surface area (Å²) in [6, 6.07) is 13.3. The molecule has 2 aromatic rings. The van der Waals surface area contributed by atoms with E-state index >= 15 is 0 Å². The zero-order valence-corrected chi connectivity index (χ0v) is 19.0. The van der Waals surface area contributed by atoms with Gasteiger partial charge in [0, 0.05) is 29.7 Å². The zero-order valence-electron chi connectivity index (χ0n) is 18.2. The molecular weight excluding hydrogens is 444 g/mol. The van der Waals surface area contributed by atoms with E-state index in [-0.39, 0.29) is 0 Å². The van der Waals surface area contributed by atoms with E-state index in [1.54, 1.807) is 12.1 Å². The van der Waals surface area contributed by atoms with Crippen molar-refractivity contribution in [3.63, 3.8) is 0 Å². The average molecular weight is 473 g/mol. The SMILES string of the molecule is OC[C@H]1O[C@@H](c2ccc(Cl)c(Cc3ccc(C#CC4CCOCC4)cc3)c2)[C@H](O)C(O)[C@@H]1O. The summed E-state index contributed by atoms with van der Waals surface area (Å²) >= 11 is 6.43. The Morgan fingerprint density at radius 3 is 2.36 bits per heavy atom. The van der Waals surface area contributed by atoms with Gasteiger partial charge in [-0.25, -0.2) is 0 Å². The van der Waals surface area contributed by atoms with Gasteiger partial charge in [-0.2, -0.15) is 0 Å². The van der Waals surface area contributed by atoms with Gasteiger partial charge in [0.15, 0.2) is 0 Å². The number of aliphatic hydroxyl groups is 4. The molecule has 4 N–H and O–H groups in total. The van der Waals surface area contributed by atoms with Gasteiger partial charge in [0.1, 0.15) is 30.5 Å². The highest BCUT2D eigenvalue weighted by atomic mass is 35.5. The smallest absolute Gasteiger partial charge is 0.113 e. The summed E-state index contributed by atoms with van der Waals surface area (Å²) in [7, 11) is 0. The summed E-state index contributed by atoms with van der Waals surface area (Å²) in [4.78, 5) is 0. The minimum atomic E-state index is -1.42. The average Bonchev–Trinajstić information content (AvgIpc) is 2.84. The van der Waals surface area contributed by atoms with Crippen LogP contribution in [0.4, 0.5) is 0 Å². The first kappa shape index (κ1) is 24.2. The fourth-order valence-electron chi connectivity index (χ4n) is 4.24. The van der Waals surface area contributed by atoms with Crippen molar-refractivity contribution in [1.82, 2.24) is 0 Å². The van der Waals surface area contributed by atoms with Crippen molar-refractivity contribution in [2.75, 3.05) is 19.8 Å². The highest BCUT2D eigenvalue weighted by Gasteiger charge is 2.44. The molecular formula is C26H29ClO6. The maximum Gasteiger partial charge on any atom is 0.113 e. The van der Waals surface area contributed by atoms with Crippen LogP contribution < -0.4 is 0 Å². The summed E-state index contributed by atoms with van der Waals surface area (Å²) in [6.45, 7) is 1.09. The van der Waals surface area contributed by atoms with E-state index in [9.17, 15) is 20.4 Å². The lowest BCUT2D eigenvalue weighted by atomic mass is 9.90. The summed E-state index contributed by atoms with van der Waals surface area (Å²) < 4.78 is 11.1. The van der Waals surface area contributed by atoms with Gasteiger partial charge in [-0.1, -0.05) is 47.7 Å². The van der Waals surface area contributed by atoms with Gasteiger partial charge < -0.3 is 29.9 Å². The molecule has 0 saturated carbocycles. The predicted octanol–water partition coefficient (Wildman–Crippen LogP) is 2.22. The maximum absolute atomic E-state index is 10.4. The third kappa shape index (κ3) is 5.76. The molecule has 176 valence electrons. The summed E-state index contributed by atoms with van der Waals surface area (Å²) in [5, 5.41) is 40.6. The molecule has 2 heterocycles. The molecule has 0 bridgehead atoms. The van der Waals surface area contributed by atoms with Gasteiger partial charge in [-0.3, -0.25) is 0 Å². The van der Waals surface area contributed by atoms with Gasteiger partial charge >= 0.3 is 0 Å². The van der Waals surface area contributed by atoms with E-state index in [1.165, 1.54) is 0 Å². The Labute approximate surface area is 198 Å². The van der Waals surface area contributed by atoms with Crippen molar-refractivity contribution >= 4 is 11.6 Å². The second kappa shape index (κ2) is 11.0. The molecule has 4 rings (SSSR count). The lowest BCUT2D eigenvalue weighted by Crippen LogP contribution is -2.55. The van der Waals surface area contributed by atoms with Crippen LogP contribution >= 0.6 is 11.6 Å². The Kier molecular flexibility index (Phi) is 8.05. The van der Waals surface area contributed by atoms with Crippen molar-refractivity contribution in [3.8, 4) is 11.8 Å². The van der Waals surface area contributed by atoms with E-state index in [0.717, 1.165) is 42.7 Å². The number of ether oxygens (including phenoxy) is 2. The lowest BCUT2D eigenvalue weighted by molar-refractivity contribution is -0.231. The van der Waals surface area contributed by atoms with Crippen LogP contribution in [-0.4, -0.2) is 64.7 Å². The molecule has 2 saturated heterocycles. The van der Waals surface area contributed by atoms with Crippen molar-refractivity contribution in [2.24, 2.45) is 5.92 Å². The first-order valence-corrected chi connectivity index (χ1v) is 11.6. The molecule has 7 heteroatoms. The maximum atomic E-state index is 10.4. The molecule has 0 radical (unpaired) electrons. The molecule has 0 aliphatic carbocycles. The molecule has 0 spiro atoms. The number of halogens is 1. The normalized spacial score (nSPS) is 28.2. The Morgan fingerprint density at radius 1 is 0.939 bits per heavy atom. The largest absolute Gasteiger partial charge is 0.394 e. The molecule has 1 unspecified atom stereocenters. The van der Waals surface area contributed by atoms with Crippen LogP contribution in [0, 0.1) is 17.8 Å². The van der Waals surface area contributed by atoms with Crippen LogP contribution in [0.5, 0.6) is 0 Å². The predicted molar refractivity (Wildman–Crippen MR) is 124 cm³/mol. The van der Waals surface area contributed by atoms with E-state index in [1.807, 2.05) is 30.3 Å². The van der Waals surface area contributed by atoms with Crippen LogP contribution in [-0.2, 0) is 15.9 Å². The van der Waals surface area contributed by atoms with Gasteiger partial charge in [0.2, 0.25) is 0 Å². The molecule has 33 heavy (non-hydrogen) atoms. The van der Waals surface area contributed by atoms with E-state index in [4.69, 9.17) is 21.1 Å². The first-order chi connectivity index (χ1) is 16.0. The Hall–Kier alpha value is -1.95. The van der Waals surface area contributed by atoms with Gasteiger partial charge in [0.05, 0.1) is 6.61 Å². The second-order valence-corrected chi connectivity index (χ2v) is 9.04. The first-order valence-electron chi connectivity index (χ1n) is 11.2. The van der Waals surface area contributed by atoms with Crippen molar-refractivity contribution in [2.45, 2.75) is 49.8 Å². The minimum absolute atomic E-state index is 0.391. The number of hydrogen-bond donors (Lipinski definition) is 4. The molecule has 0 amide bonds. The number of rotatable bonds is 4. The fourth-order valence-corrected chi connectivity index (χ4v) is 4.42. The summed E-state index contributed by atoms with van der Waals surface area (Å²) in [5.74, 6) is 6.98. The molecule has 2 aromatic carbocycles. The van der Waals surface area contributed by atoms with Crippen LogP contribution in [0.3, 0.4) is 0 Å². The monoisotopic (exact) mass is 472 g/mol. The van der Waals surface area contributed by atoms with Gasteiger partial charge in [-0.05, 0) is 54.2 Å². The molecule has 2 fully saturated rings. The molecule has 5 atom stereocenters. The van der Waals surface area contributed by atoms with Gasteiger partial charge in [0.25, 0.3) is 0 Å². The summed E-state index contributed by atoms with van der Waals surface area (Å²) in [6.07, 6.45) is -3.46. The minimum Gasteiger partial charge on any atom is -0.394 e. The third-order valence-electron chi connectivity index (χ3n) is 6.28. The Balaban J connectivity index is 1.47. The molecule has 2 aliphatic heterocycles. The fraction of sp³-hybridized carbons (Fsp3) is 0.462. The molecule has 2 aliphatic rings. The van der Waals surface area contributed by atoms with E-state index < -0.39 is 37.1 Å². The highest BCUT2D eigenvalue weighted by molar-refractivity contribution is 6.31. The number of aliphatic hydroxyl groups excluding tert-OH is 4. The third-order valence-corrected chi connectivity index (χ3v) is 6.65. The topological polar surface area (TPSA) is 99.4 Å². The van der Waals surface area contributed by atoms with E-state index in [0.29, 0.717) is 22.9 Å². The van der Waals surface area contributed by atoms with Crippen LogP contribution in [0.15, 0.2) is 42.5 Å². The summed E-state index contributed by atoms with van der Waals surface area (Å²) in [5.41, 5.74) is 3.48. The zero-order chi connectivity index (χ0) is 23.4. The van der Waals surface area contributed by atoms with Gasteiger partial charge in [-0.15, -0.1) is 0 Å². The Morgan fingerprint density at radius 2 is 1.67 bits per heavy atom. The van der Waals surface area contributed by atoms with Crippen molar-refractivity contribution in [1.29, 1.82) is 0 Å². The van der Waals surface area contributed by atoms with Crippen LogP contribution in [0.25, 0.3) is 0 Å². The van der Waals surface area contributed by atoms with Crippen LogP contribution in [0.1, 0.15) is 41.2 Å². The molecule has 6 nitrogen and oxygen atoms in total.